The number of carbonyl (C=O) groups is 1. The molecule has 106 valence electrons. The van der Waals surface area contributed by atoms with Gasteiger partial charge >= 0.3 is 0 Å². The lowest BCUT2D eigenvalue weighted by Crippen LogP contribution is -2.41. The molecule has 2 N–H and O–H groups in total. The van der Waals surface area contributed by atoms with Crippen LogP contribution < -0.4 is 5.32 Å². The van der Waals surface area contributed by atoms with Crippen LogP contribution in [0.3, 0.4) is 0 Å². The minimum Gasteiger partial charge on any atom is -0.394 e. The van der Waals surface area contributed by atoms with Gasteiger partial charge in [-0.25, -0.2) is 0 Å². The number of nitrogens with one attached hydrogen (secondary N) is 1. The van der Waals surface area contributed by atoms with Crippen molar-refractivity contribution in [1.82, 2.24) is 9.88 Å². The molecule has 0 radical (unpaired) electrons. The van der Waals surface area contributed by atoms with E-state index in [2.05, 4.69) is 5.32 Å². The van der Waals surface area contributed by atoms with E-state index < -0.39 is 10.8 Å². The van der Waals surface area contributed by atoms with Crippen molar-refractivity contribution >= 4 is 11.6 Å². The molecular weight excluding hydrogens is 250 g/mol. The van der Waals surface area contributed by atoms with Gasteiger partial charge in [-0.3, -0.25) is 14.9 Å². The third-order valence-electron chi connectivity index (χ3n) is 2.98. The lowest BCUT2D eigenvalue weighted by molar-refractivity contribution is -0.384. The largest absolute Gasteiger partial charge is 0.394 e. The Kier molecular flexibility index (Phi) is 5.05. The highest BCUT2D eigenvalue weighted by Gasteiger charge is 2.22. The SMILES string of the molecule is CCn1cc([N+](=O)[O-])cc1C(=O)NC(CO)C(C)C. The molecule has 7 nitrogen and oxygen atoms in total. The molecule has 19 heavy (non-hydrogen) atoms. The number of aliphatic hydroxyl groups is 1. The molecular formula is C12H19N3O4. The quantitative estimate of drug-likeness (QED) is 0.598. The van der Waals surface area contributed by atoms with E-state index >= 15 is 0 Å². The van der Waals surface area contributed by atoms with Crippen LogP contribution in [0.15, 0.2) is 12.3 Å². The molecule has 0 saturated heterocycles. The van der Waals surface area contributed by atoms with Crippen molar-refractivity contribution in [3.05, 3.63) is 28.1 Å². The fourth-order valence-electron chi connectivity index (χ4n) is 1.71. The predicted molar refractivity (Wildman–Crippen MR) is 69.9 cm³/mol. The minimum absolute atomic E-state index is 0.0778. The Balaban J connectivity index is 2.95. The number of aryl methyl sites for hydroxylation is 1. The van der Waals surface area contributed by atoms with Crippen LogP contribution in [0.5, 0.6) is 0 Å². The van der Waals surface area contributed by atoms with Crippen molar-refractivity contribution in [3.63, 3.8) is 0 Å². The Bertz CT molecular complexity index is 468. The van der Waals surface area contributed by atoms with Crippen LogP contribution >= 0.6 is 0 Å². The van der Waals surface area contributed by atoms with Crippen LogP contribution in [-0.2, 0) is 6.54 Å². The van der Waals surface area contributed by atoms with Gasteiger partial charge in [-0.15, -0.1) is 0 Å². The Morgan fingerprint density at radius 2 is 2.21 bits per heavy atom. The fourth-order valence-corrected chi connectivity index (χ4v) is 1.71. The number of aromatic nitrogens is 1. The van der Waals surface area contributed by atoms with Crippen molar-refractivity contribution in [2.45, 2.75) is 33.4 Å². The summed E-state index contributed by atoms with van der Waals surface area (Å²) < 4.78 is 1.52. The van der Waals surface area contributed by atoms with Gasteiger partial charge in [0, 0.05) is 12.6 Å². The summed E-state index contributed by atoms with van der Waals surface area (Å²) >= 11 is 0. The Hall–Kier alpha value is -1.89. The van der Waals surface area contributed by atoms with Crippen molar-refractivity contribution < 1.29 is 14.8 Å². The standard InChI is InChI=1S/C12H19N3O4/c1-4-14-6-9(15(18)19)5-11(14)12(17)13-10(7-16)8(2)3/h5-6,8,10,16H,4,7H2,1-3H3,(H,13,17). The van der Waals surface area contributed by atoms with Gasteiger partial charge in [-0.05, 0) is 12.8 Å². The number of nitro groups is 1. The van der Waals surface area contributed by atoms with Crippen LogP contribution in [0.4, 0.5) is 5.69 Å². The van der Waals surface area contributed by atoms with E-state index in [1.54, 1.807) is 6.92 Å². The second-order valence-corrected chi connectivity index (χ2v) is 4.63. The third-order valence-corrected chi connectivity index (χ3v) is 2.98. The van der Waals surface area contributed by atoms with Crippen LogP contribution in [0.1, 0.15) is 31.3 Å². The summed E-state index contributed by atoms with van der Waals surface area (Å²) in [6.45, 7) is 5.85. The third kappa shape index (κ3) is 3.54. The molecule has 1 rings (SSSR count). The predicted octanol–water partition coefficient (Wildman–Crippen LogP) is 1.16. The van der Waals surface area contributed by atoms with Gasteiger partial charge in [0.15, 0.2) is 0 Å². The maximum Gasteiger partial charge on any atom is 0.287 e. The van der Waals surface area contributed by atoms with E-state index in [0.29, 0.717) is 6.54 Å². The van der Waals surface area contributed by atoms with E-state index in [1.165, 1.54) is 16.8 Å². The molecule has 0 fully saturated rings. The molecule has 1 aromatic rings. The molecule has 0 aliphatic rings. The second kappa shape index (κ2) is 6.33. The molecule has 1 unspecified atom stereocenters. The smallest absolute Gasteiger partial charge is 0.287 e. The van der Waals surface area contributed by atoms with E-state index in [1.807, 2.05) is 13.8 Å². The van der Waals surface area contributed by atoms with E-state index in [0.717, 1.165) is 0 Å². The normalized spacial score (nSPS) is 12.5. The molecule has 0 aliphatic heterocycles. The lowest BCUT2D eigenvalue weighted by Gasteiger charge is -2.20. The number of amides is 1. The van der Waals surface area contributed by atoms with E-state index in [-0.39, 0.29) is 29.9 Å². The van der Waals surface area contributed by atoms with Crippen LogP contribution in [0.2, 0.25) is 0 Å². The number of carbonyl (C=O) groups excluding carboxylic acids is 1. The van der Waals surface area contributed by atoms with E-state index in [9.17, 15) is 20.0 Å². The summed E-state index contributed by atoms with van der Waals surface area (Å²) in [5.74, 6) is -0.336. The first kappa shape index (κ1) is 15.2. The Labute approximate surface area is 111 Å². The van der Waals surface area contributed by atoms with Gasteiger partial charge in [0.05, 0.1) is 23.8 Å². The minimum atomic E-state index is -0.533. The monoisotopic (exact) mass is 269 g/mol. The van der Waals surface area contributed by atoms with Crippen molar-refractivity contribution in [2.75, 3.05) is 6.61 Å². The average molecular weight is 269 g/mol. The lowest BCUT2D eigenvalue weighted by atomic mass is 10.1. The number of aliphatic hydroxyl groups excluding tert-OH is 1. The number of hydrogen-bond acceptors (Lipinski definition) is 4. The zero-order valence-corrected chi connectivity index (χ0v) is 11.3. The van der Waals surface area contributed by atoms with Gasteiger partial charge in [-0.2, -0.15) is 0 Å². The van der Waals surface area contributed by atoms with Crippen molar-refractivity contribution in [1.29, 1.82) is 0 Å². The summed E-state index contributed by atoms with van der Waals surface area (Å²) in [6, 6.07) is 0.875. The zero-order valence-electron chi connectivity index (χ0n) is 11.3. The topological polar surface area (TPSA) is 97.4 Å². The molecule has 1 heterocycles. The van der Waals surface area contributed by atoms with Gasteiger partial charge in [0.25, 0.3) is 11.6 Å². The molecule has 0 bridgehead atoms. The maximum atomic E-state index is 12.1. The Morgan fingerprint density at radius 1 is 1.58 bits per heavy atom. The van der Waals surface area contributed by atoms with Gasteiger partial charge in [0.1, 0.15) is 5.69 Å². The summed E-state index contributed by atoms with van der Waals surface area (Å²) in [7, 11) is 0. The first-order valence-corrected chi connectivity index (χ1v) is 6.17. The molecule has 0 saturated carbocycles. The molecule has 1 aromatic heterocycles. The molecule has 0 aromatic carbocycles. The number of hydrogen-bond donors (Lipinski definition) is 2. The highest BCUT2D eigenvalue weighted by atomic mass is 16.6. The van der Waals surface area contributed by atoms with Crippen LogP contribution in [-0.4, -0.2) is 33.2 Å². The maximum absolute atomic E-state index is 12.1. The van der Waals surface area contributed by atoms with Gasteiger partial charge in [-0.1, -0.05) is 13.8 Å². The molecule has 1 atom stereocenters. The molecule has 0 aliphatic carbocycles. The molecule has 7 heteroatoms. The van der Waals surface area contributed by atoms with Gasteiger partial charge < -0.3 is 15.0 Å². The fraction of sp³-hybridized carbons (Fsp3) is 0.583. The van der Waals surface area contributed by atoms with Crippen molar-refractivity contribution in [3.8, 4) is 0 Å². The summed E-state index contributed by atoms with van der Waals surface area (Å²) in [6.07, 6.45) is 1.33. The second-order valence-electron chi connectivity index (χ2n) is 4.63. The highest BCUT2D eigenvalue weighted by molar-refractivity contribution is 5.93. The summed E-state index contributed by atoms with van der Waals surface area (Å²) in [4.78, 5) is 22.2. The number of nitrogens with zero attached hydrogens (tertiary/aromatic N) is 2. The Morgan fingerprint density at radius 3 is 2.63 bits per heavy atom. The zero-order chi connectivity index (χ0) is 14.6. The highest BCUT2D eigenvalue weighted by Crippen LogP contribution is 2.17. The van der Waals surface area contributed by atoms with Crippen LogP contribution in [0.25, 0.3) is 0 Å². The van der Waals surface area contributed by atoms with Crippen LogP contribution in [0, 0.1) is 16.0 Å². The summed E-state index contributed by atoms with van der Waals surface area (Å²) in [5.41, 5.74) is 0.116. The first-order valence-electron chi connectivity index (χ1n) is 6.17. The first-order chi connectivity index (χ1) is 8.90. The van der Waals surface area contributed by atoms with E-state index in [4.69, 9.17) is 0 Å². The van der Waals surface area contributed by atoms with Gasteiger partial charge in [0.2, 0.25) is 0 Å². The van der Waals surface area contributed by atoms with Crippen molar-refractivity contribution in [2.24, 2.45) is 5.92 Å². The molecule has 1 amide bonds. The molecule has 0 spiro atoms. The summed E-state index contributed by atoms with van der Waals surface area (Å²) in [5, 5.41) is 22.6. The average Bonchev–Trinajstić information content (AvgIpc) is 2.79. The number of rotatable bonds is 6.